The first-order valence-corrected chi connectivity index (χ1v) is 19.1. The van der Waals surface area contributed by atoms with Crippen LogP contribution in [0.2, 0.25) is 0 Å². The van der Waals surface area contributed by atoms with E-state index in [1.807, 2.05) is 0 Å². The van der Waals surface area contributed by atoms with Gasteiger partial charge in [0.05, 0.1) is 22.7 Å². The molecule has 2 aliphatic heterocycles. The summed E-state index contributed by atoms with van der Waals surface area (Å²) in [6, 6.07) is 55.5. The minimum absolute atomic E-state index is 0.0325. The van der Waals surface area contributed by atoms with Gasteiger partial charge in [-0.2, -0.15) is 0 Å². The minimum Gasteiger partial charge on any atom is -0.307 e. The highest BCUT2D eigenvalue weighted by molar-refractivity contribution is 7.00. The molecule has 0 saturated heterocycles. The highest BCUT2D eigenvalue weighted by atomic mass is 15.3. The summed E-state index contributed by atoms with van der Waals surface area (Å²) >= 11 is 0. The Morgan fingerprint density at radius 2 is 0.907 bits per heavy atom. The van der Waals surface area contributed by atoms with Gasteiger partial charge in [-0.1, -0.05) is 142 Å². The zero-order valence-electron chi connectivity index (χ0n) is 31.3. The van der Waals surface area contributed by atoms with E-state index < -0.39 is 0 Å². The zero-order valence-corrected chi connectivity index (χ0v) is 31.3. The van der Waals surface area contributed by atoms with Crippen molar-refractivity contribution in [2.45, 2.75) is 34.6 Å². The summed E-state index contributed by atoms with van der Waals surface area (Å²) < 4.78 is 0. The lowest BCUT2D eigenvalue weighted by atomic mass is 9.33. The predicted octanol–water partition coefficient (Wildman–Crippen LogP) is 11.9. The molecule has 2 nitrogen and oxygen atoms in total. The fourth-order valence-electron chi connectivity index (χ4n) is 9.84. The molecule has 0 bridgehead atoms. The van der Waals surface area contributed by atoms with Crippen LogP contribution in [0.25, 0.3) is 43.1 Å². The van der Waals surface area contributed by atoms with Crippen LogP contribution >= 0.6 is 0 Å². The molecule has 9 aromatic carbocycles. The third-order valence-corrected chi connectivity index (χ3v) is 12.1. The number of nitrogens with zero attached hydrogens (tertiary/aromatic N) is 2. The topological polar surface area (TPSA) is 6.48 Å². The molecule has 0 N–H and O–H groups in total. The first-order chi connectivity index (χ1) is 26.3. The van der Waals surface area contributed by atoms with E-state index in [2.05, 4.69) is 190 Å². The van der Waals surface area contributed by atoms with E-state index in [-0.39, 0.29) is 6.71 Å². The van der Waals surface area contributed by atoms with Crippen molar-refractivity contribution in [1.29, 1.82) is 0 Å². The van der Waals surface area contributed by atoms with Crippen molar-refractivity contribution in [3.05, 3.63) is 173 Å². The Morgan fingerprint density at radius 1 is 0.370 bits per heavy atom. The predicted molar refractivity (Wildman–Crippen MR) is 234 cm³/mol. The molecular formula is C51H39BN2. The Balaban J connectivity index is 1.33. The summed E-state index contributed by atoms with van der Waals surface area (Å²) in [6.45, 7) is 11.3. The molecule has 0 saturated carbocycles. The van der Waals surface area contributed by atoms with Crippen LogP contribution in [0.3, 0.4) is 0 Å². The molecule has 0 fully saturated rings. The molecule has 54 heavy (non-hydrogen) atoms. The van der Waals surface area contributed by atoms with Crippen LogP contribution < -0.4 is 26.2 Å². The Bertz CT molecular complexity index is 3060. The van der Waals surface area contributed by atoms with Gasteiger partial charge < -0.3 is 9.80 Å². The minimum atomic E-state index is 0.0325. The normalized spacial score (nSPS) is 13.2. The highest BCUT2D eigenvalue weighted by Crippen LogP contribution is 2.57. The van der Waals surface area contributed by atoms with E-state index in [0.717, 1.165) is 0 Å². The van der Waals surface area contributed by atoms with E-state index in [0.29, 0.717) is 0 Å². The molecular weight excluding hydrogens is 651 g/mol. The summed E-state index contributed by atoms with van der Waals surface area (Å²) in [5, 5.41) is 10.1. The Kier molecular flexibility index (Phi) is 6.56. The van der Waals surface area contributed by atoms with Gasteiger partial charge in [-0.15, -0.1) is 0 Å². The van der Waals surface area contributed by atoms with Crippen molar-refractivity contribution in [3.63, 3.8) is 0 Å². The standard InChI is InChI=1S/C51H39BN2/c1-30-14-16-38-24-42(19-18-37(38)22-30)53-46-27-35-10-6-7-11-36(35)28-47(46)54-45-26-39-17-15-31(2)23-41(39)25-44(45)52(49-33(4)20-32(3)21-34(49)5)50-43-13-9-8-12-40(43)29-48(53)51(50)54/h6-29H,1-5H3. The van der Waals surface area contributed by atoms with Crippen molar-refractivity contribution >= 4 is 100 Å². The molecule has 0 radical (unpaired) electrons. The fraction of sp³-hybridized carbons (Fsp3) is 0.0980. The molecule has 0 spiro atoms. The molecule has 0 aromatic heterocycles. The summed E-state index contributed by atoms with van der Waals surface area (Å²) in [7, 11) is 0. The van der Waals surface area contributed by atoms with Crippen LogP contribution in [-0.4, -0.2) is 6.71 Å². The van der Waals surface area contributed by atoms with Gasteiger partial charge in [0.15, 0.2) is 0 Å². The SMILES string of the molecule is Cc1cc(C)c(B2c3cc4cc(C)ccc4cc3N3c4cc5ccccc5cc4N(c4ccc5cc(C)ccc5c4)c4cc5ccccc5c2c43)c(C)c1. The Morgan fingerprint density at radius 3 is 1.63 bits per heavy atom. The maximum atomic E-state index is 2.61. The van der Waals surface area contributed by atoms with Gasteiger partial charge >= 0.3 is 0 Å². The molecule has 2 heterocycles. The lowest BCUT2D eigenvalue weighted by Gasteiger charge is -2.46. The molecule has 2 aliphatic rings. The van der Waals surface area contributed by atoms with Crippen molar-refractivity contribution in [2.75, 3.05) is 9.80 Å². The Hall–Kier alpha value is -6.32. The number of anilines is 6. The number of benzene rings is 9. The molecule has 256 valence electrons. The second-order valence-corrected chi connectivity index (χ2v) is 15.8. The molecule has 0 atom stereocenters. The smallest absolute Gasteiger partial charge is 0.248 e. The molecule has 0 aliphatic carbocycles. The van der Waals surface area contributed by atoms with Crippen LogP contribution in [0.1, 0.15) is 27.8 Å². The first kappa shape index (κ1) is 31.2. The number of hydrogen-bond donors (Lipinski definition) is 0. The van der Waals surface area contributed by atoms with Crippen LogP contribution in [0.5, 0.6) is 0 Å². The third kappa shape index (κ3) is 4.48. The van der Waals surface area contributed by atoms with Crippen LogP contribution in [-0.2, 0) is 0 Å². The number of hydrogen-bond acceptors (Lipinski definition) is 2. The van der Waals surface area contributed by atoms with Gasteiger partial charge in [-0.05, 0) is 125 Å². The lowest BCUT2D eigenvalue weighted by molar-refractivity contribution is 1.19. The lowest BCUT2D eigenvalue weighted by Crippen LogP contribution is -2.59. The molecule has 11 rings (SSSR count). The third-order valence-electron chi connectivity index (χ3n) is 12.1. The second kappa shape index (κ2) is 11.3. The highest BCUT2D eigenvalue weighted by Gasteiger charge is 2.44. The monoisotopic (exact) mass is 690 g/mol. The van der Waals surface area contributed by atoms with Crippen LogP contribution in [0.15, 0.2) is 146 Å². The Labute approximate surface area is 317 Å². The van der Waals surface area contributed by atoms with E-state index in [1.165, 1.54) is 121 Å². The van der Waals surface area contributed by atoms with Crippen LogP contribution in [0.4, 0.5) is 34.1 Å². The summed E-state index contributed by atoms with van der Waals surface area (Å²) in [6.07, 6.45) is 0. The van der Waals surface area contributed by atoms with E-state index in [4.69, 9.17) is 0 Å². The first-order valence-electron chi connectivity index (χ1n) is 19.1. The largest absolute Gasteiger partial charge is 0.307 e. The van der Waals surface area contributed by atoms with E-state index in [1.54, 1.807) is 0 Å². The van der Waals surface area contributed by atoms with Gasteiger partial charge in [-0.3, -0.25) is 0 Å². The van der Waals surface area contributed by atoms with Crippen molar-refractivity contribution in [2.24, 2.45) is 0 Å². The van der Waals surface area contributed by atoms with Crippen molar-refractivity contribution in [3.8, 4) is 0 Å². The quantitative estimate of drug-likeness (QED) is 0.167. The van der Waals surface area contributed by atoms with Crippen molar-refractivity contribution < 1.29 is 0 Å². The number of aryl methyl sites for hydroxylation is 5. The molecule has 0 amide bonds. The van der Waals surface area contributed by atoms with Gasteiger partial charge in [-0.25, -0.2) is 0 Å². The van der Waals surface area contributed by atoms with Crippen LogP contribution in [0, 0.1) is 34.6 Å². The van der Waals surface area contributed by atoms with Gasteiger partial charge in [0.25, 0.3) is 0 Å². The number of fused-ring (bicyclic) bond motifs is 9. The number of rotatable bonds is 2. The maximum Gasteiger partial charge on any atom is 0.248 e. The van der Waals surface area contributed by atoms with E-state index >= 15 is 0 Å². The summed E-state index contributed by atoms with van der Waals surface area (Å²) in [5.41, 5.74) is 18.0. The van der Waals surface area contributed by atoms with Crippen molar-refractivity contribution in [1.82, 2.24) is 0 Å². The maximum absolute atomic E-state index is 2.61. The average Bonchev–Trinajstić information content (AvgIpc) is 3.16. The molecule has 9 aromatic rings. The summed E-state index contributed by atoms with van der Waals surface area (Å²) in [5.74, 6) is 0. The van der Waals surface area contributed by atoms with E-state index in [9.17, 15) is 0 Å². The summed E-state index contributed by atoms with van der Waals surface area (Å²) in [4.78, 5) is 5.16. The second-order valence-electron chi connectivity index (χ2n) is 15.8. The zero-order chi connectivity index (χ0) is 36.4. The average molecular weight is 691 g/mol. The molecule has 3 heteroatoms. The fourth-order valence-corrected chi connectivity index (χ4v) is 9.84. The molecule has 0 unspecified atom stereocenters. The van der Waals surface area contributed by atoms with Gasteiger partial charge in [0.1, 0.15) is 0 Å². The van der Waals surface area contributed by atoms with Gasteiger partial charge in [0, 0.05) is 11.4 Å². The van der Waals surface area contributed by atoms with Gasteiger partial charge in [0.2, 0.25) is 6.71 Å².